The molecule has 1 saturated carbocycles. The summed E-state index contributed by atoms with van der Waals surface area (Å²) in [7, 11) is 0. The maximum absolute atomic E-state index is 11.7. The van der Waals surface area contributed by atoms with E-state index in [-0.39, 0.29) is 12.4 Å². The molecule has 0 aromatic carbocycles. The van der Waals surface area contributed by atoms with Crippen LogP contribution < -0.4 is 0 Å². The van der Waals surface area contributed by atoms with E-state index >= 15 is 0 Å². The van der Waals surface area contributed by atoms with Crippen LogP contribution in [0.5, 0.6) is 0 Å². The van der Waals surface area contributed by atoms with Crippen LogP contribution in [-0.4, -0.2) is 22.7 Å². The highest BCUT2D eigenvalue weighted by Gasteiger charge is 2.69. The highest BCUT2D eigenvalue weighted by molar-refractivity contribution is 9.11. The van der Waals surface area contributed by atoms with Crippen LogP contribution in [0.1, 0.15) is 23.0 Å². The van der Waals surface area contributed by atoms with E-state index in [1.165, 1.54) is 11.3 Å². The summed E-state index contributed by atoms with van der Waals surface area (Å²) in [4.78, 5) is 24.0. The number of hydrogen-bond acceptors (Lipinski definition) is 4. The number of Topliss-reactive ketones (excluding diaryl/α,β-unsaturated/α-hetero) is 1. The highest BCUT2D eigenvalue weighted by Crippen LogP contribution is 2.64. The van der Waals surface area contributed by atoms with Crippen LogP contribution in [0.4, 0.5) is 0 Å². The summed E-state index contributed by atoms with van der Waals surface area (Å²) in [5.74, 6) is -0.769. The van der Waals surface area contributed by atoms with Crippen molar-refractivity contribution < 1.29 is 14.3 Å². The van der Waals surface area contributed by atoms with Gasteiger partial charge < -0.3 is 4.74 Å². The van der Waals surface area contributed by atoms with E-state index in [0.29, 0.717) is 11.3 Å². The molecule has 1 aromatic rings. The highest BCUT2D eigenvalue weighted by atomic mass is 79.9. The minimum atomic E-state index is -1.07. The number of hydrogen-bond donors (Lipinski definition) is 0. The molecule has 0 amide bonds. The van der Waals surface area contributed by atoms with Crippen molar-refractivity contribution in [1.82, 2.24) is 0 Å². The van der Waals surface area contributed by atoms with Gasteiger partial charge in [-0.2, -0.15) is 0 Å². The van der Waals surface area contributed by atoms with E-state index < -0.39 is 15.7 Å². The van der Waals surface area contributed by atoms with Crippen LogP contribution in [0.15, 0.2) is 15.9 Å². The molecule has 0 N–H and O–H groups in total. The van der Waals surface area contributed by atoms with Crippen LogP contribution in [0.25, 0.3) is 0 Å². The largest absolute Gasteiger partial charge is 0.457 e. The molecule has 7 heteroatoms. The van der Waals surface area contributed by atoms with Gasteiger partial charge in [-0.3, -0.25) is 9.59 Å². The lowest BCUT2D eigenvalue weighted by atomic mass is 10.1. The second-order valence-electron chi connectivity index (χ2n) is 4.32. The zero-order valence-electron chi connectivity index (χ0n) is 9.34. The van der Waals surface area contributed by atoms with Gasteiger partial charge >= 0.3 is 5.97 Å². The fraction of sp³-hybridized carbons (Fsp3) is 0.455. The van der Waals surface area contributed by atoms with E-state index in [4.69, 9.17) is 27.9 Å². The van der Waals surface area contributed by atoms with Gasteiger partial charge in [0.1, 0.15) is 9.75 Å². The molecule has 0 aliphatic heterocycles. The molecule has 1 aromatic heterocycles. The third-order valence-electron chi connectivity index (χ3n) is 2.89. The Morgan fingerprint density at radius 2 is 2.11 bits per heavy atom. The van der Waals surface area contributed by atoms with E-state index in [2.05, 4.69) is 15.9 Å². The van der Waals surface area contributed by atoms with Gasteiger partial charge in [-0.15, -0.1) is 34.5 Å². The SMILES string of the molecule is C[C@@]1(C(=O)OCC(=O)c2ccc(Br)s2)CC1(Cl)Cl. The molecule has 0 saturated heterocycles. The van der Waals surface area contributed by atoms with E-state index in [9.17, 15) is 9.59 Å². The lowest BCUT2D eigenvalue weighted by Gasteiger charge is -2.10. The molecular weight excluding hydrogens is 363 g/mol. The quantitative estimate of drug-likeness (QED) is 0.459. The van der Waals surface area contributed by atoms with E-state index in [0.717, 1.165) is 3.79 Å². The predicted octanol–water partition coefficient (Wildman–Crippen LogP) is 3.82. The van der Waals surface area contributed by atoms with Crippen molar-refractivity contribution in [1.29, 1.82) is 0 Å². The third-order valence-corrected chi connectivity index (χ3v) is 5.66. The Morgan fingerprint density at radius 3 is 2.56 bits per heavy atom. The number of alkyl halides is 2. The summed E-state index contributed by atoms with van der Waals surface area (Å²) in [6.07, 6.45) is 0.348. The number of thiophene rings is 1. The summed E-state index contributed by atoms with van der Waals surface area (Å²) >= 11 is 16.3. The van der Waals surface area contributed by atoms with Crippen LogP contribution >= 0.6 is 50.5 Å². The van der Waals surface area contributed by atoms with Gasteiger partial charge in [-0.25, -0.2) is 0 Å². The van der Waals surface area contributed by atoms with Gasteiger partial charge in [0.05, 0.1) is 8.66 Å². The fourth-order valence-electron chi connectivity index (χ4n) is 1.45. The van der Waals surface area contributed by atoms with Gasteiger partial charge in [-0.1, -0.05) is 0 Å². The maximum Gasteiger partial charge on any atom is 0.315 e. The smallest absolute Gasteiger partial charge is 0.315 e. The molecule has 1 fully saturated rings. The van der Waals surface area contributed by atoms with Crippen LogP contribution in [0.3, 0.4) is 0 Å². The number of halogens is 3. The first-order valence-corrected chi connectivity index (χ1v) is 7.46. The summed E-state index contributed by atoms with van der Waals surface area (Å²) in [5, 5.41) is 0. The first kappa shape index (κ1) is 14.3. The van der Waals surface area contributed by atoms with Gasteiger partial charge in [-0.05, 0) is 35.0 Å². The second-order valence-corrected chi connectivity index (χ2v) is 8.26. The number of ether oxygens (including phenoxy) is 1. The van der Waals surface area contributed by atoms with Gasteiger partial charge in [0.25, 0.3) is 0 Å². The van der Waals surface area contributed by atoms with Crippen LogP contribution in [0.2, 0.25) is 0 Å². The number of carbonyl (C=O) groups is 2. The predicted molar refractivity (Wildman–Crippen MR) is 74.5 cm³/mol. The zero-order chi connectivity index (χ0) is 13.6. The maximum atomic E-state index is 11.7. The number of ketones is 1. The molecule has 2 rings (SSSR count). The Morgan fingerprint density at radius 1 is 1.50 bits per heavy atom. The molecule has 1 atom stereocenters. The third kappa shape index (κ3) is 2.59. The summed E-state index contributed by atoms with van der Waals surface area (Å²) in [5.41, 5.74) is -0.896. The van der Waals surface area contributed by atoms with Crippen molar-refractivity contribution in [3.63, 3.8) is 0 Å². The summed E-state index contributed by atoms with van der Waals surface area (Å²) in [6.45, 7) is 1.34. The van der Waals surface area contributed by atoms with Gasteiger partial charge in [0.15, 0.2) is 6.61 Å². The fourth-order valence-corrected chi connectivity index (χ4v) is 3.45. The standard InChI is InChI=1S/C11H9BrCl2O3S/c1-10(5-11(10,13)14)9(16)17-4-6(15)7-2-3-8(12)18-7/h2-3H,4-5H2,1H3/t10-/m0/s1. The van der Waals surface area contributed by atoms with Crippen LogP contribution in [-0.2, 0) is 9.53 Å². The molecule has 0 bridgehead atoms. The molecule has 1 aliphatic carbocycles. The van der Waals surface area contributed by atoms with Crippen molar-refractivity contribution in [2.75, 3.05) is 6.61 Å². The minimum absolute atomic E-state index is 0.238. The van der Waals surface area contributed by atoms with E-state index in [1.54, 1.807) is 19.1 Å². The summed E-state index contributed by atoms with van der Waals surface area (Å²) in [6, 6.07) is 3.45. The second kappa shape index (κ2) is 4.78. The Balaban J connectivity index is 1.90. The normalized spacial score (nSPS) is 24.7. The number of carbonyl (C=O) groups excluding carboxylic acids is 2. The minimum Gasteiger partial charge on any atom is -0.457 e. The van der Waals surface area contributed by atoms with Crippen LogP contribution in [0, 0.1) is 5.41 Å². The molecule has 98 valence electrons. The Bertz CT molecular complexity index is 514. The molecular formula is C11H9BrCl2O3S. The van der Waals surface area contributed by atoms with Crippen molar-refractivity contribution in [3.05, 3.63) is 20.8 Å². The number of rotatable bonds is 4. The van der Waals surface area contributed by atoms with Crippen molar-refractivity contribution in [2.24, 2.45) is 5.41 Å². The molecule has 3 nitrogen and oxygen atoms in total. The molecule has 0 unspecified atom stereocenters. The van der Waals surface area contributed by atoms with Crippen molar-refractivity contribution in [3.8, 4) is 0 Å². The molecule has 1 heterocycles. The Hall–Kier alpha value is -0.100. The molecule has 0 radical (unpaired) electrons. The molecule has 1 aliphatic rings. The topological polar surface area (TPSA) is 43.4 Å². The lowest BCUT2D eigenvalue weighted by molar-refractivity contribution is -0.148. The summed E-state index contributed by atoms with van der Waals surface area (Å²) < 4.78 is 4.75. The number of esters is 1. The first-order chi connectivity index (χ1) is 8.26. The van der Waals surface area contributed by atoms with Crippen molar-refractivity contribution in [2.45, 2.75) is 17.7 Å². The molecule has 0 spiro atoms. The van der Waals surface area contributed by atoms with Gasteiger partial charge in [0.2, 0.25) is 5.78 Å². The monoisotopic (exact) mass is 370 g/mol. The zero-order valence-corrected chi connectivity index (χ0v) is 13.3. The van der Waals surface area contributed by atoms with Crippen molar-refractivity contribution >= 4 is 62.2 Å². The Kier molecular flexibility index (Phi) is 3.80. The lowest BCUT2D eigenvalue weighted by Crippen LogP contribution is -2.24. The Labute approximate surface area is 127 Å². The van der Waals surface area contributed by atoms with Gasteiger partial charge in [0, 0.05) is 6.42 Å². The first-order valence-electron chi connectivity index (χ1n) is 5.10. The molecule has 18 heavy (non-hydrogen) atoms. The average Bonchev–Trinajstić information content (AvgIpc) is 2.63. The van der Waals surface area contributed by atoms with E-state index in [1.807, 2.05) is 0 Å². The average molecular weight is 372 g/mol.